The van der Waals surface area contributed by atoms with Gasteiger partial charge in [0.2, 0.25) is 11.8 Å². The van der Waals surface area contributed by atoms with Crippen LogP contribution in [0.1, 0.15) is 37.7 Å². The van der Waals surface area contributed by atoms with E-state index in [1.165, 1.54) is 12.1 Å². The van der Waals surface area contributed by atoms with Crippen LogP contribution in [0.4, 0.5) is 10.2 Å². The van der Waals surface area contributed by atoms with Crippen molar-refractivity contribution in [3.63, 3.8) is 0 Å². The number of hydrogen-bond acceptors (Lipinski definition) is 6. The molecule has 2 heterocycles. The van der Waals surface area contributed by atoms with Crippen LogP contribution >= 0.6 is 0 Å². The van der Waals surface area contributed by atoms with Crippen molar-refractivity contribution in [2.24, 2.45) is 10.7 Å². The minimum absolute atomic E-state index is 0.112. The first-order valence-electron chi connectivity index (χ1n) is 8.90. The van der Waals surface area contributed by atoms with Crippen molar-refractivity contribution in [1.82, 2.24) is 9.97 Å². The number of aromatic nitrogens is 2. The van der Waals surface area contributed by atoms with Crippen molar-refractivity contribution in [3.05, 3.63) is 59.3 Å². The summed E-state index contributed by atoms with van der Waals surface area (Å²) in [5.74, 6) is 0.460. The Morgan fingerprint density at radius 3 is 2.86 bits per heavy atom. The number of nitrogens with one attached hydrogen (secondary N) is 1. The van der Waals surface area contributed by atoms with Gasteiger partial charge in [0.05, 0.1) is 24.3 Å². The second-order valence-electron chi connectivity index (χ2n) is 6.81. The lowest BCUT2D eigenvalue weighted by Gasteiger charge is -2.13. The molecular formula is C20H22FN5O2. The topological polar surface area (TPSA) is 102 Å². The van der Waals surface area contributed by atoms with E-state index in [9.17, 15) is 9.18 Å². The summed E-state index contributed by atoms with van der Waals surface area (Å²) in [7, 11) is 0. The number of ether oxygens (including phenoxy) is 1. The van der Waals surface area contributed by atoms with Crippen LogP contribution in [-0.4, -0.2) is 28.4 Å². The van der Waals surface area contributed by atoms with Crippen molar-refractivity contribution >= 4 is 23.3 Å². The second-order valence-corrected chi connectivity index (χ2v) is 6.81. The fourth-order valence-electron chi connectivity index (χ4n) is 2.73. The number of carbonyl (C=O) groups is 1. The van der Waals surface area contributed by atoms with Crippen molar-refractivity contribution in [2.75, 3.05) is 11.9 Å². The van der Waals surface area contributed by atoms with E-state index >= 15 is 0 Å². The Kier molecular flexibility index (Phi) is 5.39. The van der Waals surface area contributed by atoms with Crippen LogP contribution in [0.25, 0.3) is 5.70 Å². The van der Waals surface area contributed by atoms with Gasteiger partial charge >= 0.3 is 0 Å². The molecule has 0 spiro atoms. The molecular weight excluding hydrogens is 361 g/mol. The van der Waals surface area contributed by atoms with E-state index in [0.717, 1.165) is 0 Å². The molecule has 1 aliphatic rings. The number of rotatable bonds is 5. The number of nitrogens with two attached hydrogens (primary N) is 1. The molecule has 3 N–H and O–H groups in total. The average Bonchev–Trinajstić information content (AvgIpc) is 2.89. The van der Waals surface area contributed by atoms with E-state index in [4.69, 9.17) is 10.5 Å². The van der Waals surface area contributed by atoms with E-state index < -0.39 is 5.41 Å². The highest BCUT2D eigenvalue weighted by Crippen LogP contribution is 2.35. The van der Waals surface area contributed by atoms with Crippen LogP contribution in [0.5, 0.6) is 0 Å². The third kappa shape index (κ3) is 3.85. The fourth-order valence-corrected chi connectivity index (χ4v) is 2.73. The van der Waals surface area contributed by atoms with Gasteiger partial charge in [-0.05, 0) is 26.8 Å². The summed E-state index contributed by atoms with van der Waals surface area (Å²) >= 11 is 0. The van der Waals surface area contributed by atoms with Gasteiger partial charge in [-0.1, -0.05) is 18.2 Å². The van der Waals surface area contributed by atoms with E-state index in [2.05, 4.69) is 20.3 Å². The summed E-state index contributed by atoms with van der Waals surface area (Å²) in [6.45, 7) is 5.90. The van der Waals surface area contributed by atoms with E-state index in [-0.39, 0.29) is 35.7 Å². The standard InChI is InChI=1S/C20H22FN5O2/c1-4-28-16(23-10-12-7-5-6-8-14(12)21)9-15(22)18-24-11-13-17(25-18)26-19(27)20(13,2)3/h5-9,11H,4,10,22H2,1-3H3,(H,24,25,26,27). The van der Waals surface area contributed by atoms with Crippen LogP contribution in [0.2, 0.25) is 0 Å². The zero-order valence-electron chi connectivity index (χ0n) is 16.0. The highest BCUT2D eigenvalue weighted by atomic mass is 19.1. The van der Waals surface area contributed by atoms with Gasteiger partial charge in [0, 0.05) is 23.4 Å². The van der Waals surface area contributed by atoms with Crippen LogP contribution in [0.3, 0.4) is 0 Å². The molecule has 7 nitrogen and oxygen atoms in total. The summed E-state index contributed by atoms with van der Waals surface area (Å²) < 4.78 is 19.3. The highest BCUT2D eigenvalue weighted by Gasteiger charge is 2.39. The van der Waals surface area contributed by atoms with Gasteiger partial charge in [-0.25, -0.2) is 19.4 Å². The van der Waals surface area contributed by atoms with E-state index in [0.29, 0.717) is 23.6 Å². The predicted molar refractivity (Wildman–Crippen MR) is 105 cm³/mol. The molecule has 0 unspecified atom stereocenters. The maximum atomic E-state index is 13.8. The van der Waals surface area contributed by atoms with E-state index in [1.807, 2.05) is 6.92 Å². The number of fused-ring (bicyclic) bond motifs is 1. The number of amides is 1. The number of benzene rings is 1. The predicted octanol–water partition coefficient (Wildman–Crippen LogP) is 2.78. The summed E-state index contributed by atoms with van der Waals surface area (Å²) in [5.41, 5.74) is 6.81. The lowest BCUT2D eigenvalue weighted by atomic mass is 9.88. The number of carbonyl (C=O) groups excluding carboxylic acids is 1. The Hall–Kier alpha value is -3.29. The van der Waals surface area contributed by atoms with Crippen molar-refractivity contribution in [3.8, 4) is 0 Å². The zero-order chi connectivity index (χ0) is 20.3. The molecule has 1 aliphatic heterocycles. The number of anilines is 1. The molecule has 0 saturated heterocycles. The molecule has 0 radical (unpaired) electrons. The smallest absolute Gasteiger partial charge is 0.235 e. The molecule has 0 fully saturated rings. The molecule has 146 valence electrons. The summed E-state index contributed by atoms with van der Waals surface area (Å²) in [5, 5.41) is 2.74. The third-order valence-corrected chi connectivity index (χ3v) is 4.45. The van der Waals surface area contributed by atoms with Gasteiger partial charge in [-0.15, -0.1) is 0 Å². The van der Waals surface area contributed by atoms with Crippen molar-refractivity contribution < 1.29 is 13.9 Å². The first-order valence-corrected chi connectivity index (χ1v) is 8.90. The number of aliphatic imine (C=N–C) groups is 1. The second kappa shape index (κ2) is 7.75. The van der Waals surface area contributed by atoms with E-state index in [1.54, 1.807) is 38.2 Å². The molecule has 3 rings (SSSR count). The molecule has 0 bridgehead atoms. The number of hydrogen-bond donors (Lipinski definition) is 2. The van der Waals surface area contributed by atoms with Gasteiger partial charge < -0.3 is 15.8 Å². The molecule has 1 aromatic heterocycles. The monoisotopic (exact) mass is 383 g/mol. The summed E-state index contributed by atoms with van der Waals surface area (Å²) in [6, 6.07) is 6.40. The SMILES string of the molecule is CCOC(C=C(N)c1ncc2c(n1)NC(=O)C2(C)C)=NCc1ccccc1F. The maximum Gasteiger partial charge on any atom is 0.235 e. The fraction of sp³-hybridized carbons (Fsp3) is 0.300. The first kappa shape index (κ1) is 19.5. The molecule has 28 heavy (non-hydrogen) atoms. The molecule has 8 heteroatoms. The quantitative estimate of drug-likeness (QED) is 0.610. The van der Waals surface area contributed by atoms with Crippen LogP contribution < -0.4 is 11.1 Å². The average molecular weight is 383 g/mol. The largest absolute Gasteiger partial charge is 0.478 e. The molecule has 0 atom stereocenters. The Morgan fingerprint density at radius 2 is 2.14 bits per heavy atom. The number of halogens is 1. The van der Waals surface area contributed by atoms with Gasteiger partial charge in [-0.2, -0.15) is 0 Å². The van der Waals surface area contributed by atoms with Crippen molar-refractivity contribution in [2.45, 2.75) is 32.7 Å². The van der Waals surface area contributed by atoms with Crippen LogP contribution in [-0.2, 0) is 21.5 Å². The van der Waals surface area contributed by atoms with Gasteiger partial charge in [-0.3, -0.25) is 4.79 Å². The van der Waals surface area contributed by atoms with Crippen molar-refractivity contribution in [1.29, 1.82) is 0 Å². The van der Waals surface area contributed by atoms with Crippen LogP contribution in [0, 0.1) is 5.82 Å². The molecule has 2 aromatic rings. The zero-order valence-corrected chi connectivity index (χ0v) is 16.0. The minimum atomic E-state index is -0.690. The Bertz CT molecular complexity index is 969. The minimum Gasteiger partial charge on any atom is -0.478 e. The maximum absolute atomic E-state index is 13.8. The summed E-state index contributed by atoms with van der Waals surface area (Å²) in [4.78, 5) is 24.9. The lowest BCUT2D eigenvalue weighted by molar-refractivity contribution is -0.119. The lowest BCUT2D eigenvalue weighted by Crippen LogP contribution is -2.26. The highest BCUT2D eigenvalue weighted by molar-refractivity contribution is 6.04. The first-order chi connectivity index (χ1) is 13.3. The third-order valence-electron chi connectivity index (χ3n) is 4.45. The van der Waals surface area contributed by atoms with Gasteiger partial charge in [0.25, 0.3) is 0 Å². The molecule has 1 amide bonds. The Labute approximate surface area is 162 Å². The van der Waals surface area contributed by atoms with Gasteiger partial charge in [0.15, 0.2) is 5.82 Å². The molecule has 0 aliphatic carbocycles. The van der Waals surface area contributed by atoms with Gasteiger partial charge in [0.1, 0.15) is 11.6 Å². The number of nitrogens with zero attached hydrogens (tertiary/aromatic N) is 3. The normalized spacial score (nSPS) is 15.9. The Morgan fingerprint density at radius 1 is 1.39 bits per heavy atom. The molecule has 0 saturated carbocycles. The van der Waals surface area contributed by atoms with Crippen LogP contribution in [0.15, 0.2) is 41.5 Å². The summed E-state index contributed by atoms with van der Waals surface area (Å²) in [6.07, 6.45) is 3.08. The Balaban J connectivity index is 1.86. The molecule has 1 aromatic carbocycles.